The Balaban J connectivity index is 1.22. The van der Waals surface area contributed by atoms with Gasteiger partial charge in [0.05, 0.1) is 16.7 Å². The van der Waals surface area contributed by atoms with E-state index in [1.54, 1.807) is 4.90 Å². The topological polar surface area (TPSA) is 87.3 Å². The largest absolute Gasteiger partial charge is 0.482 e. The second-order valence-corrected chi connectivity index (χ2v) is 6.71. The van der Waals surface area contributed by atoms with Crippen LogP contribution >= 0.6 is 0 Å². The van der Waals surface area contributed by atoms with E-state index in [1.165, 1.54) is 0 Å². The quantitative estimate of drug-likeness (QED) is 0.618. The van der Waals surface area contributed by atoms with E-state index >= 15 is 0 Å². The number of para-hydroxylation sites is 4. The number of amides is 2. The van der Waals surface area contributed by atoms with Crippen molar-refractivity contribution in [2.45, 2.75) is 19.3 Å². The molecule has 3 aromatic rings. The highest BCUT2D eigenvalue weighted by Gasteiger charge is 2.25. The fraction of sp³-hybridized carbons (Fsp3) is 0.286. The van der Waals surface area contributed by atoms with Gasteiger partial charge in [0.2, 0.25) is 5.91 Å². The molecule has 2 N–H and O–H groups in total. The summed E-state index contributed by atoms with van der Waals surface area (Å²) in [5.41, 5.74) is 2.70. The summed E-state index contributed by atoms with van der Waals surface area (Å²) in [6.45, 7) is 0.925. The Morgan fingerprint density at radius 1 is 1.18 bits per heavy atom. The van der Waals surface area contributed by atoms with Gasteiger partial charge in [-0.05, 0) is 30.7 Å². The van der Waals surface area contributed by atoms with Gasteiger partial charge in [0.25, 0.3) is 5.91 Å². The number of aryl methyl sites for hydroxylation is 1. The van der Waals surface area contributed by atoms with E-state index in [4.69, 9.17) is 4.74 Å². The van der Waals surface area contributed by atoms with Crippen LogP contribution in [0.4, 0.5) is 5.69 Å². The Kier molecular flexibility index (Phi) is 5.23. The Morgan fingerprint density at radius 2 is 2.00 bits per heavy atom. The number of nitrogens with one attached hydrogen (secondary N) is 2. The summed E-state index contributed by atoms with van der Waals surface area (Å²) in [4.78, 5) is 33.7. The highest BCUT2D eigenvalue weighted by molar-refractivity contribution is 5.98. The van der Waals surface area contributed by atoms with Crippen LogP contribution in [0, 0.1) is 0 Å². The number of carbonyl (C=O) groups excluding carboxylic acids is 2. The molecule has 0 saturated heterocycles. The molecule has 0 fully saturated rings. The number of nitrogens with zero attached hydrogens (tertiary/aromatic N) is 2. The van der Waals surface area contributed by atoms with Crippen molar-refractivity contribution in [2.75, 3.05) is 24.6 Å². The average molecular weight is 378 g/mol. The Bertz CT molecular complexity index is 965. The van der Waals surface area contributed by atoms with E-state index < -0.39 is 0 Å². The smallest absolute Gasteiger partial charge is 0.265 e. The SMILES string of the molecule is O=C(CCN1C(=O)COc2ccccc21)NCCCc1nc2ccccc2[nH]1. The van der Waals surface area contributed by atoms with Gasteiger partial charge >= 0.3 is 0 Å². The third-order valence-corrected chi connectivity index (χ3v) is 4.72. The molecule has 1 aliphatic heterocycles. The minimum atomic E-state index is -0.128. The van der Waals surface area contributed by atoms with E-state index in [1.807, 2.05) is 48.5 Å². The molecule has 28 heavy (non-hydrogen) atoms. The number of fused-ring (bicyclic) bond motifs is 2. The van der Waals surface area contributed by atoms with Gasteiger partial charge in [-0.15, -0.1) is 0 Å². The molecule has 0 bridgehead atoms. The number of hydrogen-bond acceptors (Lipinski definition) is 4. The number of hydrogen-bond donors (Lipinski definition) is 2. The summed E-state index contributed by atoms with van der Waals surface area (Å²) in [5, 5.41) is 2.92. The summed E-state index contributed by atoms with van der Waals surface area (Å²) in [7, 11) is 0. The minimum Gasteiger partial charge on any atom is -0.482 e. The Hall–Kier alpha value is -3.35. The molecule has 0 radical (unpaired) electrons. The predicted molar refractivity (Wildman–Crippen MR) is 106 cm³/mol. The molecule has 2 aromatic carbocycles. The fourth-order valence-electron chi connectivity index (χ4n) is 3.31. The first-order chi connectivity index (χ1) is 13.7. The third-order valence-electron chi connectivity index (χ3n) is 4.72. The summed E-state index contributed by atoms with van der Waals surface area (Å²) in [6, 6.07) is 15.3. The lowest BCUT2D eigenvalue weighted by molar-refractivity contribution is -0.122. The molecule has 2 heterocycles. The minimum absolute atomic E-state index is 0.0101. The van der Waals surface area contributed by atoms with E-state index in [0.29, 0.717) is 18.8 Å². The zero-order valence-electron chi connectivity index (χ0n) is 15.5. The van der Waals surface area contributed by atoms with Gasteiger partial charge < -0.3 is 19.9 Å². The van der Waals surface area contributed by atoms with Gasteiger partial charge in [-0.25, -0.2) is 4.98 Å². The molecule has 1 aliphatic rings. The van der Waals surface area contributed by atoms with E-state index in [9.17, 15) is 9.59 Å². The van der Waals surface area contributed by atoms with E-state index in [-0.39, 0.29) is 24.8 Å². The van der Waals surface area contributed by atoms with Gasteiger partial charge in [-0.2, -0.15) is 0 Å². The number of rotatable bonds is 7. The maximum Gasteiger partial charge on any atom is 0.265 e. The van der Waals surface area contributed by atoms with Crippen molar-refractivity contribution in [3.05, 3.63) is 54.4 Å². The van der Waals surface area contributed by atoms with Crippen LogP contribution < -0.4 is 15.0 Å². The Labute approximate surface area is 162 Å². The summed E-state index contributed by atoms with van der Waals surface area (Å²) in [5.74, 6) is 1.40. The lowest BCUT2D eigenvalue weighted by atomic mass is 10.2. The number of anilines is 1. The fourth-order valence-corrected chi connectivity index (χ4v) is 3.31. The van der Waals surface area contributed by atoms with Crippen molar-refractivity contribution in [3.63, 3.8) is 0 Å². The highest BCUT2D eigenvalue weighted by Crippen LogP contribution is 2.31. The summed E-state index contributed by atoms with van der Waals surface area (Å²) >= 11 is 0. The lowest BCUT2D eigenvalue weighted by Gasteiger charge is -2.29. The van der Waals surface area contributed by atoms with Gasteiger partial charge in [-0.1, -0.05) is 24.3 Å². The first-order valence-electron chi connectivity index (χ1n) is 9.43. The molecule has 144 valence electrons. The van der Waals surface area contributed by atoms with Crippen LogP contribution in [-0.2, 0) is 16.0 Å². The van der Waals surface area contributed by atoms with Crippen molar-refractivity contribution in [2.24, 2.45) is 0 Å². The molecule has 7 heteroatoms. The molecule has 2 amide bonds. The lowest BCUT2D eigenvalue weighted by Crippen LogP contribution is -2.41. The van der Waals surface area contributed by atoms with Crippen molar-refractivity contribution in [3.8, 4) is 5.75 Å². The standard InChI is InChI=1S/C21H22N4O3/c26-20(11-13-25-17-8-3-4-9-18(17)28-14-21(25)27)22-12-5-10-19-23-15-6-1-2-7-16(15)24-19/h1-4,6-9H,5,10-14H2,(H,22,26)(H,23,24). The number of H-pyrrole nitrogens is 1. The first kappa shape index (κ1) is 18.0. The number of carbonyl (C=O) groups is 2. The van der Waals surface area contributed by atoms with Gasteiger partial charge in [0.1, 0.15) is 11.6 Å². The zero-order valence-corrected chi connectivity index (χ0v) is 15.5. The molecule has 0 unspecified atom stereocenters. The Morgan fingerprint density at radius 3 is 2.89 bits per heavy atom. The van der Waals surface area contributed by atoms with Crippen LogP contribution in [0.25, 0.3) is 11.0 Å². The maximum atomic E-state index is 12.2. The first-order valence-corrected chi connectivity index (χ1v) is 9.43. The predicted octanol–water partition coefficient (Wildman–Crippen LogP) is 2.43. The van der Waals surface area contributed by atoms with Gasteiger partial charge in [0, 0.05) is 25.9 Å². The van der Waals surface area contributed by atoms with Crippen molar-refractivity contribution in [1.82, 2.24) is 15.3 Å². The molecule has 0 saturated carbocycles. The summed E-state index contributed by atoms with van der Waals surface area (Å²) in [6.07, 6.45) is 1.82. The number of benzene rings is 2. The van der Waals surface area contributed by atoms with Crippen LogP contribution in [0.1, 0.15) is 18.7 Å². The van der Waals surface area contributed by atoms with Gasteiger partial charge in [-0.3, -0.25) is 9.59 Å². The molecule has 1 aromatic heterocycles. The molecule has 0 aliphatic carbocycles. The van der Waals surface area contributed by atoms with E-state index in [2.05, 4.69) is 15.3 Å². The van der Waals surface area contributed by atoms with Crippen LogP contribution in [0.5, 0.6) is 5.75 Å². The summed E-state index contributed by atoms with van der Waals surface area (Å²) < 4.78 is 5.42. The maximum absolute atomic E-state index is 12.2. The third kappa shape index (κ3) is 3.98. The van der Waals surface area contributed by atoms with Crippen LogP contribution in [-0.4, -0.2) is 41.5 Å². The van der Waals surface area contributed by atoms with Crippen molar-refractivity contribution in [1.29, 1.82) is 0 Å². The molecular formula is C21H22N4O3. The highest BCUT2D eigenvalue weighted by atomic mass is 16.5. The van der Waals surface area contributed by atoms with Crippen molar-refractivity contribution >= 4 is 28.5 Å². The second-order valence-electron chi connectivity index (χ2n) is 6.71. The van der Waals surface area contributed by atoms with Crippen LogP contribution in [0.2, 0.25) is 0 Å². The monoisotopic (exact) mass is 378 g/mol. The van der Waals surface area contributed by atoms with E-state index in [0.717, 1.165) is 35.4 Å². The number of aromatic nitrogens is 2. The average Bonchev–Trinajstić information content (AvgIpc) is 3.13. The number of imidazole rings is 1. The zero-order chi connectivity index (χ0) is 19.3. The van der Waals surface area contributed by atoms with Crippen LogP contribution in [0.15, 0.2) is 48.5 Å². The second kappa shape index (κ2) is 8.12. The van der Waals surface area contributed by atoms with Crippen molar-refractivity contribution < 1.29 is 14.3 Å². The number of aromatic amines is 1. The molecule has 0 spiro atoms. The number of ether oxygens (including phenoxy) is 1. The van der Waals surface area contributed by atoms with Crippen LogP contribution in [0.3, 0.4) is 0 Å². The molecular weight excluding hydrogens is 356 g/mol. The van der Waals surface area contributed by atoms with Gasteiger partial charge in [0.15, 0.2) is 6.61 Å². The molecule has 0 atom stereocenters. The molecule has 7 nitrogen and oxygen atoms in total. The normalized spacial score (nSPS) is 13.3. The molecule has 4 rings (SSSR count).